The molecule has 3 aromatic carbocycles. The predicted octanol–water partition coefficient (Wildman–Crippen LogP) is 4.39. The highest BCUT2D eigenvalue weighted by molar-refractivity contribution is 9.10. The van der Waals surface area contributed by atoms with Crippen LogP contribution < -0.4 is 14.4 Å². The average Bonchev–Trinajstić information content (AvgIpc) is 2.88. The van der Waals surface area contributed by atoms with Crippen molar-refractivity contribution in [2.45, 2.75) is 38.9 Å². The molecule has 0 spiro atoms. The molecule has 39 heavy (non-hydrogen) atoms. The molecule has 0 heterocycles. The summed E-state index contributed by atoms with van der Waals surface area (Å²) in [5, 5.41) is 2.94. The lowest BCUT2D eigenvalue weighted by Crippen LogP contribution is -2.54. The van der Waals surface area contributed by atoms with Crippen LogP contribution in [0.2, 0.25) is 0 Å². The number of benzene rings is 3. The van der Waals surface area contributed by atoms with E-state index in [1.807, 2.05) is 68.4 Å². The van der Waals surface area contributed by atoms with Crippen molar-refractivity contribution in [2.75, 3.05) is 24.2 Å². The Balaban J connectivity index is 2.06. The fourth-order valence-electron chi connectivity index (χ4n) is 4.15. The van der Waals surface area contributed by atoms with Crippen LogP contribution in [0.5, 0.6) is 5.75 Å². The fraction of sp³-hybridized carbons (Fsp3) is 0.310. The number of amides is 2. The molecule has 0 aromatic heterocycles. The third-order valence-electron chi connectivity index (χ3n) is 5.96. The smallest absolute Gasteiger partial charge is 0.244 e. The number of rotatable bonds is 12. The van der Waals surface area contributed by atoms with Crippen LogP contribution in [-0.4, -0.2) is 57.1 Å². The molecule has 0 aliphatic rings. The number of halogens is 1. The van der Waals surface area contributed by atoms with Crippen molar-refractivity contribution in [1.82, 2.24) is 10.2 Å². The van der Waals surface area contributed by atoms with Gasteiger partial charge in [0.15, 0.2) is 0 Å². The number of carbonyl (C=O) groups excluding carboxylic acids is 2. The molecule has 0 aliphatic heterocycles. The van der Waals surface area contributed by atoms with E-state index in [0.717, 1.165) is 26.2 Å². The molecule has 8 nitrogen and oxygen atoms in total. The summed E-state index contributed by atoms with van der Waals surface area (Å²) < 4.78 is 32.8. The van der Waals surface area contributed by atoms with Gasteiger partial charge in [-0.15, -0.1) is 0 Å². The molecule has 10 heteroatoms. The van der Waals surface area contributed by atoms with E-state index in [4.69, 9.17) is 4.74 Å². The molecule has 1 atom stereocenters. The summed E-state index contributed by atoms with van der Waals surface area (Å²) in [6, 6.07) is 22.4. The van der Waals surface area contributed by atoms with Gasteiger partial charge in [0.25, 0.3) is 0 Å². The van der Waals surface area contributed by atoms with Crippen molar-refractivity contribution in [3.05, 3.63) is 94.5 Å². The van der Waals surface area contributed by atoms with Gasteiger partial charge < -0.3 is 15.0 Å². The molecule has 3 aromatic rings. The maximum absolute atomic E-state index is 14.0. The second-order valence-electron chi connectivity index (χ2n) is 9.49. The molecule has 0 fully saturated rings. The maximum atomic E-state index is 14.0. The van der Waals surface area contributed by atoms with E-state index in [1.165, 1.54) is 12.0 Å². The summed E-state index contributed by atoms with van der Waals surface area (Å²) >= 11 is 3.47. The van der Waals surface area contributed by atoms with Crippen molar-refractivity contribution < 1.29 is 22.7 Å². The highest BCUT2D eigenvalue weighted by atomic mass is 79.9. The first-order valence-corrected chi connectivity index (χ1v) is 15.1. The standard InChI is InChI=1S/C29H34BrN3O5S/c1-21(2)31-29(35)27(17-22-10-6-5-7-11-22)32(19-23-12-8-13-24(30)16-23)28(34)20-33(39(4,36)37)25-14-9-15-26(18-25)38-3/h5-16,18,21,27H,17,19-20H2,1-4H3,(H,31,35)/t27-/m1/s1. The van der Waals surface area contributed by atoms with Gasteiger partial charge in [-0.1, -0.05) is 64.5 Å². The molecule has 0 saturated heterocycles. The van der Waals surface area contributed by atoms with E-state index in [0.29, 0.717) is 11.4 Å². The molecule has 2 amide bonds. The van der Waals surface area contributed by atoms with Crippen LogP contribution in [0.1, 0.15) is 25.0 Å². The number of nitrogens with zero attached hydrogens (tertiary/aromatic N) is 2. The lowest BCUT2D eigenvalue weighted by molar-refractivity contribution is -0.140. The second-order valence-corrected chi connectivity index (χ2v) is 12.3. The Hall–Kier alpha value is -3.37. The SMILES string of the molecule is COc1cccc(N(CC(=O)N(Cc2cccc(Br)c2)[C@H](Cc2ccccc2)C(=O)NC(C)C)S(C)(=O)=O)c1. The molecule has 0 unspecified atom stereocenters. The molecule has 0 bridgehead atoms. The Morgan fingerprint density at radius 1 is 0.949 bits per heavy atom. The minimum absolute atomic E-state index is 0.108. The number of nitrogens with one attached hydrogen (secondary N) is 1. The molecule has 208 valence electrons. The lowest BCUT2D eigenvalue weighted by Gasteiger charge is -2.34. The number of ether oxygens (including phenoxy) is 1. The quantitative estimate of drug-likeness (QED) is 0.326. The Morgan fingerprint density at radius 3 is 2.23 bits per heavy atom. The summed E-state index contributed by atoms with van der Waals surface area (Å²) in [6.07, 6.45) is 1.31. The van der Waals surface area contributed by atoms with Crippen molar-refractivity contribution in [3.8, 4) is 5.75 Å². The number of methoxy groups -OCH3 is 1. The molecule has 1 N–H and O–H groups in total. The van der Waals surface area contributed by atoms with Gasteiger partial charge in [-0.3, -0.25) is 13.9 Å². The van der Waals surface area contributed by atoms with Gasteiger partial charge >= 0.3 is 0 Å². The van der Waals surface area contributed by atoms with E-state index >= 15 is 0 Å². The Kier molecular flexibility index (Phi) is 10.5. The van der Waals surface area contributed by atoms with Crippen LogP contribution in [0.15, 0.2) is 83.3 Å². The van der Waals surface area contributed by atoms with Gasteiger partial charge in [0, 0.05) is 29.5 Å². The van der Waals surface area contributed by atoms with Crippen LogP contribution in [-0.2, 0) is 32.6 Å². The van der Waals surface area contributed by atoms with Crippen LogP contribution in [0.25, 0.3) is 0 Å². The first-order valence-electron chi connectivity index (χ1n) is 12.5. The van der Waals surface area contributed by atoms with Crippen molar-refractivity contribution in [2.24, 2.45) is 0 Å². The summed E-state index contributed by atoms with van der Waals surface area (Å²) in [4.78, 5) is 29.0. The van der Waals surface area contributed by atoms with Gasteiger partial charge in [0.1, 0.15) is 18.3 Å². The molecule has 0 radical (unpaired) electrons. The summed E-state index contributed by atoms with van der Waals surface area (Å²) in [6.45, 7) is 3.33. The average molecular weight is 617 g/mol. The molecule has 0 saturated carbocycles. The summed E-state index contributed by atoms with van der Waals surface area (Å²) in [5.41, 5.74) is 1.96. The first-order chi connectivity index (χ1) is 18.5. The highest BCUT2D eigenvalue weighted by Crippen LogP contribution is 2.24. The molecule has 0 aliphatic carbocycles. The van der Waals surface area contributed by atoms with Gasteiger partial charge in [-0.25, -0.2) is 8.42 Å². The predicted molar refractivity (Wildman–Crippen MR) is 157 cm³/mol. The Bertz CT molecular complexity index is 1380. The largest absolute Gasteiger partial charge is 0.497 e. The zero-order chi connectivity index (χ0) is 28.6. The Labute approximate surface area is 239 Å². The summed E-state index contributed by atoms with van der Waals surface area (Å²) in [5.74, 6) is -0.370. The lowest BCUT2D eigenvalue weighted by atomic mass is 10.0. The minimum Gasteiger partial charge on any atom is -0.497 e. The van der Waals surface area contributed by atoms with Crippen LogP contribution in [0.3, 0.4) is 0 Å². The topological polar surface area (TPSA) is 96.0 Å². The molecular weight excluding hydrogens is 582 g/mol. The van der Waals surface area contributed by atoms with Crippen molar-refractivity contribution in [1.29, 1.82) is 0 Å². The third-order valence-corrected chi connectivity index (χ3v) is 7.60. The number of sulfonamides is 1. The summed E-state index contributed by atoms with van der Waals surface area (Å²) in [7, 11) is -2.37. The second kappa shape index (κ2) is 13.6. The van der Waals surface area contributed by atoms with Gasteiger partial charge in [-0.2, -0.15) is 0 Å². The number of hydrogen-bond donors (Lipinski definition) is 1. The number of carbonyl (C=O) groups is 2. The minimum atomic E-state index is -3.85. The number of anilines is 1. The van der Waals surface area contributed by atoms with Crippen LogP contribution >= 0.6 is 15.9 Å². The van der Waals surface area contributed by atoms with E-state index in [1.54, 1.807) is 24.3 Å². The fourth-order valence-corrected chi connectivity index (χ4v) is 5.43. The van der Waals surface area contributed by atoms with Crippen molar-refractivity contribution >= 4 is 43.5 Å². The molecular formula is C29H34BrN3O5S. The monoisotopic (exact) mass is 615 g/mol. The van der Waals surface area contributed by atoms with Crippen LogP contribution in [0, 0.1) is 0 Å². The van der Waals surface area contributed by atoms with E-state index in [2.05, 4.69) is 21.2 Å². The zero-order valence-electron chi connectivity index (χ0n) is 22.5. The Morgan fingerprint density at radius 2 is 1.62 bits per heavy atom. The number of hydrogen-bond acceptors (Lipinski definition) is 5. The highest BCUT2D eigenvalue weighted by Gasteiger charge is 2.33. The maximum Gasteiger partial charge on any atom is 0.244 e. The van der Waals surface area contributed by atoms with Gasteiger partial charge in [0.05, 0.1) is 19.1 Å². The van der Waals surface area contributed by atoms with Gasteiger partial charge in [0.2, 0.25) is 21.8 Å². The zero-order valence-corrected chi connectivity index (χ0v) is 24.9. The van der Waals surface area contributed by atoms with Gasteiger partial charge in [-0.05, 0) is 49.2 Å². The first kappa shape index (κ1) is 30.2. The van der Waals surface area contributed by atoms with E-state index in [9.17, 15) is 18.0 Å². The van der Waals surface area contributed by atoms with Crippen molar-refractivity contribution in [3.63, 3.8) is 0 Å². The normalized spacial score (nSPS) is 12.1. The van der Waals surface area contributed by atoms with E-state index < -0.39 is 28.5 Å². The third kappa shape index (κ3) is 8.83. The van der Waals surface area contributed by atoms with Crippen LogP contribution in [0.4, 0.5) is 5.69 Å². The van der Waals surface area contributed by atoms with E-state index in [-0.39, 0.29) is 24.9 Å². The molecule has 3 rings (SSSR count).